The van der Waals surface area contributed by atoms with Gasteiger partial charge >= 0.3 is 0 Å². The summed E-state index contributed by atoms with van der Waals surface area (Å²) in [7, 11) is 0. The lowest BCUT2D eigenvalue weighted by Crippen LogP contribution is -1.92. The van der Waals surface area contributed by atoms with Gasteiger partial charge in [-0.2, -0.15) is 0 Å². The average molecular weight is 631 g/mol. The number of nitrogens with zero attached hydrogens (tertiary/aromatic N) is 2. The molecule has 0 aliphatic carbocycles. The molecule has 0 bridgehead atoms. The monoisotopic (exact) mass is 630 g/mol. The molecule has 0 unspecified atom stereocenters. The molecule has 12 aromatic rings. The lowest BCUT2D eigenvalue weighted by Gasteiger charge is -2.16. The third-order valence-corrected chi connectivity index (χ3v) is 11.2. The second kappa shape index (κ2) is 9.49. The number of rotatable bonds is 2. The van der Waals surface area contributed by atoms with E-state index in [4.69, 9.17) is 9.97 Å². The molecule has 0 saturated heterocycles. The second-order valence-corrected chi connectivity index (χ2v) is 13.6. The van der Waals surface area contributed by atoms with Gasteiger partial charge in [-0.05, 0) is 135 Å². The summed E-state index contributed by atoms with van der Waals surface area (Å²) in [6, 6.07) is 53.5. The number of benzene rings is 8. The van der Waals surface area contributed by atoms with Crippen molar-refractivity contribution in [3.05, 3.63) is 158 Å². The summed E-state index contributed by atoms with van der Waals surface area (Å²) in [6.07, 6.45) is 3.85. The van der Waals surface area contributed by atoms with Crippen LogP contribution in [0.25, 0.3) is 119 Å². The van der Waals surface area contributed by atoms with Gasteiger partial charge in [0.2, 0.25) is 0 Å². The van der Waals surface area contributed by atoms with Gasteiger partial charge in [-0.1, -0.05) is 97.1 Å². The van der Waals surface area contributed by atoms with Gasteiger partial charge in [-0.25, -0.2) is 0 Å². The molecule has 2 heteroatoms. The van der Waals surface area contributed by atoms with Crippen LogP contribution >= 0.6 is 0 Å². The Labute approximate surface area is 286 Å². The van der Waals surface area contributed by atoms with Crippen LogP contribution in [0.5, 0.6) is 0 Å². The van der Waals surface area contributed by atoms with Gasteiger partial charge in [-0.15, -0.1) is 0 Å². The predicted molar refractivity (Wildman–Crippen MR) is 213 cm³/mol. The smallest absolute Gasteiger partial charge is 0.0714 e. The first-order valence-electron chi connectivity index (χ1n) is 17.2. The van der Waals surface area contributed by atoms with Crippen molar-refractivity contribution in [3.63, 3.8) is 0 Å². The summed E-state index contributed by atoms with van der Waals surface area (Å²) in [5, 5.41) is 22.9. The number of aromatic nitrogens is 2. The van der Waals surface area contributed by atoms with E-state index in [1.165, 1.54) is 108 Å². The first kappa shape index (κ1) is 26.3. The van der Waals surface area contributed by atoms with Crippen LogP contribution in [0.4, 0.5) is 0 Å². The van der Waals surface area contributed by atoms with Crippen molar-refractivity contribution >= 4 is 97.0 Å². The lowest BCUT2D eigenvalue weighted by molar-refractivity contribution is 1.33. The van der Waals surface area contributed by atoms with Crippen molar-refractivity contribution in [1.29, 1.82) is 0 Å². The fourth-order valence-corrected chi connectivity index (χ4v) is 9.24. The summed E-state index contributed by atoms with van der Waals surface area (Å²) in [6.45, 7) is 0. The third kappa shape index (κ3) is 3.28. The molecule has 0 aliphatic rings. The fraction of sp³-hybridized carbons (Fsp3) is 0. The largest absolute Gasteiger partial charge is 0.256 e. The Balaban J connectivity index is 1.41. The molecule has 10 aromatic carbocycles. The van der Waals surface area contributed by atoms with Gasteiger partial charge in [0.25, 0.3) is 0 Å². The standard InChI is InChI=1S/C48H26N2/c1-3-13-29-27(11-1)23-37-36-26-39-38(25-35(36)33-17-9-15-31(29)43(33)37)46(42-20-6-8-22-50-42)48-40-24-28-12-2-4-14-30(28)32-16-10-18-34(44(32)40)47(48)45(39)41-19-5-7-21-49-41/h1-26H. The molecule has 0 radical (unpaired) electrons. The van der Waals surface area contributed by atoms with Crippen LogP contribution in [0, 0.1) is 0 Å². The zero-order chi connectivity index (χ0) is 32.5. The molecule has 2 aromatic heterocycles. The van der Waals surface area contributed by atoms with E-state index in [0.717, 1.165) is 11.4 Å². The summed E-state index contributed by atoms with van der Waals surface area (Å²) in [5.74, 6) is 0. The number of fused-ring (bicyclic) bond motifs is 11. The van der Waals surface area contributed by atoms with Gasteiger partial charge in [0.15, 0.2) is 0 Å². The van der Waals surface area contributed by atoms with E-state index in [1.807, 2.05) is 24.5 Å². The van der Waals surface area contributed by atoms with E-state index >= 15 is 0 Å². The van der Waals surface area contributed by atoms with Crippen LogP contribution in [0.2, 0.25) is 0 Å². The number of pyridine rings is 2. The molecule has 2 heterocycles. The number of hydrogen-bond donors (Lipinski definition) is 0. The third-order valence-electron chi connectivity index (χ3n) is 11.2. The van der Waals surface area contributed by atoms with E-state index in [2.05, 4.69) is 133 Å². The topological polar surface area (TPSA) is 25.8 Å². The fourth-order valence-electron chi connectivity index (χ4n) is 9.24. The highest BCUT2D eigenvalue weighted by molar-refractivity contribution is 6.44. The SMILES string of the molecule is c1ccc(-c2c3cc4c(cc3c(-c3ccccn3)c3c5cc6ccccc6c6cccc(c23)c65)c2cccc3c5ccccc5cc4c32)nc1. The minimum absolute atomic E-state index is 0.981. The van der Waals surface area contributed by atoms with Crippen LogP contribution in [-0.2, 0) is 0 Å². The predicted octanol–water partition coefficient (Wildman–Crippen LogP) is 13.1. The number of hydrogen-bond acceptors (Lipinski definition) is 2. The Morgan fingerprint density at radius 1 is 0.260 bits per heavy atom. The zero-order valence-electron chi connectivity index (χ0n) is 26.9. The van der Waals surface area contributed by atoms with E-state index in [1.54, 1.807) is 0 Å². The Hall–Kier alpha value is -6.64. The Morgan fingerprint density at radius 2 is 0.700 bits per heavy atom. The highest BCUT2D eigenvalue weighted by Gasteiger charge is 2.26. The normalized spacial score (nSPS) is 12.4. The van der Waals surface area contributed by atoms with Crippen LogP contribution in [0.3, 0.4) is 0 Å². The van der Waals surface area contributed by atoms with Crippen LogP contribution in [0.1, 0.15) is 0 Å². The molecule has 0 spiro atoms. The molecule has 2 nitrogen and oxygen atoms in total. The first-order chi connectivity index (χ1) is 24.8. The second-order valence-electron chi connectivity index (χ2n) is 13.6. The van der Waals surface area contributed by atoms with Crippen LogP contribution in [0.15, 0.2) is 158 Å². The van der Waals surface area contributed by atoms with Crippen LogP contribution in [-0.4, -0.2) is 9.97 Å². The molecule has 50 heavy (non-hydrogen) atoms. The van der Waals surface area contributed by atoms with Crippen molar-refractivity contribution < 1.29 is 0 Å². The Bertz CT molecular complexity index is 3350. The minimum Gasteiger partial charge on any atom is -0.256 e. The maximum Gasteiger partial charge on any atom is 0.0714 e. The van der Waals surface area contributed by atoms with Gasteiger partial charge in [-0.3, -0.25) is 9.97 Å². The summed E-state index contributed by atoms with van der Waals surface area (Å²) in [4.78, 5) is 10.1. The first-order valence-corrected chi connectivity index (χ1v) is 17.2. The Morgan fingerprint density at radius 3 is 1.28 bits per heavy atom. The molecule has 0 aliphatic heterocycles. The zero-order valence-corrected chi connectivity index (χ0v) is 26.9. The van der Waals surface area contributed by atoms with Crippen molar-refractivity contribution in [2.75, 3.05) is 0 Å². The van der Waals surface area contributed by atoms with Gasteiger partial charge < -0.3 is 0 Å². The summed E-state index contributed by atoms with van der Waals surface area (Å²) >= 11 is 0. The highest BCUT2D eigenvalue weighted by atomic mass is 14.7. The van der Waals surface area contributed by atoms with E-state index in [-0.39, 0.29) is 0 Å². The Kier molecular flexibility index (Phi) is 5.00. The quantitative estimate of drug-likeness (QED) is 0.178. The van der Waals surface area contributed by atoms with Gasteiger partial charge in [0.05, 0.1) is 11.4 Å². The maximum absolute atomic E-state index is 5.06. The molecular formula is C48H26N2. The minimum atomic E-state index is 0.981. The van der Waals surface area contributed by atoms with Crippen molar-refractivity contribution in [3.8, 4) is 22.5 Å². The lowest BCUT2D eigenvalue weighted by atomic mass is 9.88. The van der Waals surface area contributed by atoms with Crippen molar-refractivity contribution in [2.45, 2.75) is 0 Å². The molecule has 0 amide bonds. The van der Waals surface area contributed by atoms with Crippen molar-refractivity contribution in [1.82, 2.24) is 9.97 Å². The molecular weight excluding hydrogens is 605 g/mol. The van der Waals surface area contributed by atoms with E-state index in [0.29, 0.717) is 0 Å². The molecule has 0 N–H and O–H groups in total. The maximum atomic E-state index is 5.06. The van der Waals surface area contributed by atoms with Crippen LogP contribution < -0.4 is 0 Å². The molecule has 0 saturated carbocycles. The average Bonchev–Trinajstić information content (AvgIpc) is 3.67. The van der Waals surface area contributed by atoms with E-state index in [9.17, 15) is 0 Å². The molecule has 0 fully saturated rings. The molecule has 0 atom stereocenters. The highest BCUT2D eigenvalue weighted by Crippen LogP contribution is 2.53. The summed E-state index contributed by atoms with van der Waals surface area (Å²) < 4.78 is 0. The van der Waals surface area contributed by atoms with E-state index < -0.39 is 0 Å². The van der Waals surface area contributed by atoms with Crippen molar-refractivity contribution in [2.24, 2.45) is 0 Å². The molecule has 228 valence electrons. The van der Waals surface area contributed by atoms with Gasteiger partial charge in [0.1, 0.15) is 0 Å². The molecule has 12 rings (SSSR count). The van der Waals surface area contributed by atoms with Gasteiger partial charge in [0, 0.05) is 34.3 Å². The summed E-state index contributed by atoms with van der Waals surface area (Å²) in [5.41, 5.74) is 4.32.